The van der Waals surface area contributed by atoms with Crippen LogP contribution < -0.4 is 10.4 Å². The van der Waals surface area contributed by atoms with Crippen LogP contribution in [0.25, 0.3) is 11.0 Å². The molecule has 1 saturated heterocycles. The maximum atomic E-state index is 12.9. The Morgan fingerprint density at radius 2 is 1.81 bits per heavy atom. The summed E-state index contributed by atoms with van der Waals surface area (Å²) < 4.78 is 34.2. The summed E-state index contributed by atoms with van der Waals surface area (Å²) in [5.41, 5.74) is 1.51. The van der Waals surface area contributed by atoms with E-state index in [0.717, 1.165) is 11.0 Å². The topological polar surface area (TPSA) is 84.4 Å². The van der Waals surface area contributed by atoms with Crippen LogP contribution in [-0.2, 0) is 10.0 Å². The molecular weight excluding hydrogens is 366 g/mol. The summed E-state index contributed by atoms with van der Waals surface area (Å²) >= 11 is 0. The Hall–Kier alpha value is -2.58. The fourth-order valence-electron chi connectivity index (χ4n) is 3.69. The number of benzene rings is 2. The largest absolute Gasteiger partial charge is 0.497 e. The first kappa shape index (κ1) is 17.8. The Kier molecular flexibility index (Phi) is 4.53. The first-order valence-electron chi connectivity index (χ1n) is 8.84. The highest BCUT2D eigenvalue weighted by Crippen LogP contribution is 2.29. The molecule has 142 valence electrons. The van der Waals surface area contributed by atoms with Crippen molar-refractivity contribution in [3.8, 4) is 5.75 Å². The van der Waals surface area contributed by atoms with Crippen molar-refractivity contribution in [1.82, 2.24) is 13.9 Å². The normalized spacial score (nSPS) is 16.6. The zero-order chi connectivity index (χ0) is 19.0. The average Bonchev–Trinajstić information content (AvgIpc) is 3.03. The number of aromatic nitrogens is 2. The second-order valence-corrected chi connectivity index (χ2v) is 8.57. The van der Waals surface area contributed by atoms with E-state index in [9.17, 15) is 13.2 Å². The molecule has 27 heavy (non-hydrogen) atoms. The van der Waals surface area contributed by atoms with Crippen molar-refractivity contribution in [3.05, 3.63) is 59.0 Å². The van der Waals surface area contributed by atoms with Crippen LogP contribution in [-0.4, -0.2) is 42.5 Å². The fraction of sp³-hybridized carbons (Fsp3) is 0.316. The van der Waals surface area contributed by atoms with Gasteiger partial charge in [0, 0.05) is 25.2 Å². The molecule has 0 saturated carbocycles. The molecule has 8 heteroatoms. The lowest BCUT2D eigenvalue weighted by Gasteiger charge is -2.31. The third kappa shape index (κ3) is 3.15. The van der Waals surface area contributed by atoms with Crippen LogP contribution in [0.2, 0.25) is 0 Å². The Balaban J connectivity index is 1.56. The minimum Gasteiger partial charge on any atom is -0.497 e. The van der Waals surface area contributed by atoms with E-state index in [0.29, 0.717) is 31.7 Å². The first-order valence-corrected chi connectivity index (χ1v) is 10.3. The number of ether oxygens (including phenoxy) is 1. The number of nitrogens with one attached hydrogen (secondary N) is 1. The van der Waals surface area contributed by atoms with Gasteiger partial charge in [-0.3, -0.25) is 4.57 Å². The highest BCUT2D eigenvalue weighted by atomic mass is 32.2. The molecule has 1 aliphatic heterocycles. The van der Waals surface area contributed by atoms with Crippen molar-refractivity contribution in [2.24, 2.45) is 0 Å². The van der Waals surface area contributed by atoms with Crippen molar-refractivity contribution in [1.29, 1.82) is 0 Å². The summed E-state index contributed by atoms with van der Waals surface area (Å²) in [6.45, 7) is 0.742. The average molecular weight is 387 g/mol. The highest BCUT2D eigenvalue weighted by Gasteiger charge is 2.31. The number of para-hydroxylation sites is 2. The summed E-state index contributed by atoms with van der Waals surface area (Å²) in [6.07, 6.45) is 1.18. The molecule has 0 spiro atoms. The maximum Gasteiger partial charge on any atom is 0.326 e. The minimum absolute atomic E-state index is 0.0228. The van der Waals surface area contributed by atoms with Crippen LogP contribution in [0.15, 0.2) is 58.2 Å². The quantitative estimate of drug-likeness (QED) is 0.745. The van der Waals surface area contributed by atoms with Crippen molar-refractivity contribution in [2.45, 2.75) is 23.8 Å². The number of imidazole rings is 1. The number of rotatable bonds is 4. The van der Waals surface area contributed by atoms with Gasteiger partial charge in [-0.05, 0) is 37.1 Å². The standard InChI is InChI=1S/C19H21N3O4S/c1-26-15-5-4-6-16(13-15)27(24,25)21-11-9-14(10-12-21)22-18-8-3-2-7-17(18)20-19(22)23/h2-8,13-14H,9-12H2,1H3,(H,20,23). The van der Waals surface area contributed by atoms with Crippen molar-refractivity contribution < 1.29 is 13.2 Å². The number of methoxy groups -OCH3 is 1. The summed E-state index contributed by atoms with van der Waals surface area (Å²) in [5, 5.41) is 0. The minimum atomic E-state index is -3.58. The van der Waals surface area contributed by atoms with E-state index >= 15 is 0 Å². The van der Waals surface area contributed by atoms with Gasteiger partial charge >= 0.3 is 5.69 Å². The Labute approximate surface area is 157 Å². The molecule has 0 aliphatic carbocycles. The number of H-pyrrole nitrogens is 1. The molecule has 1 fully saturated rings. The molecular formula is C19H21N3O4S. The number of aromatic amines is 1. The van der Waals surface area contributed by atoms with Gasteiger partial charge in [0.1, 0.15) is 5.75 Å². The summed E-state index contributed by atoms with van der Waals surface area (Å²) in [7, 11) is -2.07. The first-order chi connectivity index (χ1) is 13.0. The van der Waals surface area contributed by atoms with Gasteiger partial charge in [0.15, 0.2) is 0 Å². The third-order valence-corrected chi connectivity index (χ3v) is 6.99. The molecule has 1 aromatic heterocycles. The zero-order valence-corrected chi connectivity index (χ0v) is 15.8. The van der Waals surface area contributed by atoms with Gasteiger partial charge in [-0.25, -0.2) is 13.2 Å². The van der Waals surface area contributed by atoms with Gasteiger partial charge in [-0.2, -0.15) is 4.31 Å². The summed E-state index contributed by atoms with van der Waals surface area (Å²) in [6, 6.07) is 14.0. The van der Waals surface area contributed by atoms with Gasteiger partial charge in [0.25, 0.3) is 0 Å². The molecule has 2 heterocycles. The van der Waals surface area contributed by atoms with Crippen LogP contribution in [0.3, 0.4) is 0 Å². The molecule has 0 bridgehead atoms. The second kappa shape index (κ2) is 6.86. The van der Waals surface area contributed by atoms with Crippen molar-refractivity contribution in [3.63, 3.8) is 0 Å². The molecule has 0 unspecified atom stereocenters. The molecule has 0 radical (unpaired) electrons. The number of fused-ring (bicyclic) bond motifs is 1. The number of nitrogens with zero attached hydrogens (tertiary/aromatic N) is 2. The van der Waals surface area contributed by atoms with Crippen LogP contribution >= 0.6 is 0 Å². The maximum absolute atomic E-state index is 12.9. The lowest BCUT2D eigenvalue weighted by Crippen LogP contribution is -2.40. The Morgan fingerprint density at radius 3 is 2.56 bits per heavy atom. The Morgan fingerprint density at radius 1 is 1.07 bits per heavy atom. The summed E-state index contributed by atoms with van der Waals surface area (Å²) in [4.78, 5) is 15.5. The van der Waals surface area contributed by atoms with Crippen LogP contribution in [0.1, 0.15) is 18.9 Å². The monoisotopic (exact) mass is 387 g/mol. The fourth-order valence-corrected chi connectivity index (χ4v) is 5.19. The lowest BCUT2D eigenvalue weighted by molar-refractivity contribution is 0.274. The molecule has 0 amide bonds. The zero-order valence-electron chi connectivity index (χ0n) is 15.0. The van der Waals surface area contributed by atoms with Crippen molar-refractivity contribution in [2.75, 3.05) is 20.2 Å². The molecule has 0 atom stereocenters. The second-order valence-electron chi connectivity index (χ2n) is 6.63. The van der Waals surface area contributed by atoms with Gasteiger partial charge in [0.2, 0.25) is 10.0 Å². The van der Waals surface area contributed by atoms with Gasteiger partial charge < -0.3 is 9.72 Å². The van der Waals surface area contributed by atoms with Gasteiger partial charge in [-0.1, -0.05) is 18.2 Å². The molecule has 2 aromatic carbocycles. The predicted octanol–water partition coefficient (Wildman–Crippen LogP) is 2.36. The number of hydrogen-bond acceptors (Lipinski definition) is 4. The number of hydrogen-bond donors (Lipinski definition) is 1. The lowest BCUT2D eigenvalue weighted by atomic mass is 10.1. The molecule has 1 N–H and O–H groups in total. The highest BCUT2D eigenvalue weighted by molar-refractivity contribution is 7.89. The van der Waals surface area contributed by atoms with E-state index in [1.165, 1.54) is 17.5 Å². The van der Waals surface area contributed by atoms with Crippen LogP contribution in [0, 0.1) is 0 Å². The van der Waals surface area contributed by atoms with E-state index in [1.807, 2.05) is 24.3 Å². The third-order valence-electron chi connectivity index (χ3n) is 5.09. The van der Waals surface area contributed by atoms with Gasteiger partial charge in [-0.15, -0.1) is 0 Å². The van der Waals surface area contributed by atoms with Crippen LogP contribution in [0.5, 0.6) is 5.75 Å². The van der Waals surface area contributed by atoms with E-state index in [1.54, 1.807) is 22.8 Å². The number of piperidine rings is 1. The number of sulfonamides is 1. The van der Waals surface area contributed by atoms with E-state index < -0.39 is 10.0 Å². The Bertz CT molecular complexity index is 1130. The molecule has 4 rings (SSSR count). The van der Waals surface area contributed by atoms with E-state index in [4.69, 9.17) is 4.74 Å². The van der Waals surface area contributed by atoms with E-state index in [-0.39, 0.29) is 16.6 Å². The molecule has 3 aromatic rings. The molecule has 1 aliphatic rings. The predicted molar refractivity (Wildman–Crippen MR) is 103 cm³/mol. The van der Waals surface area contributed by atoms with E-state index in [2.05, 4.69) is 4.98 Å². The smallest absolute Gasteiger partial charge is 0.326 e. The van der Waals surface area contributed by atoms with Crippen molar-refractivity contribution >= 4 is 21.1 Å². The molecule has 7 nitrogen and oxygen atoms in total. The van der Waals surface area contributed by atoms with Crippen LogP contribution in [0.4, 0.5) is 0 Å². The van der Waals surface area contributed by atoms with Gasteiger partial charge in [0.05, 0.1) is 23.0 Å². The summed E-state index contributed by atoms with van der Waals surface area (Å²) in [5.74, 6) is 0.510. The SMILES string of the molecule is COc1cccc(S(=O)(=O)N2CCC(n3c(=O)[nH]c4ccccc43)CC2)c1.